The van der Waals surface area contributed by atoms with E-state index < -0.39 is 5.41 Å². The zero-order chi connectivity index (χ0) is 10.9. The molecule has 0 heterocycles. The van der Waals surface area contributed by atoms with E-state index in [9.17, 15) is 9.59 Å². The average molecular weight is 208 g/mol. The number of hydrogen-bond donors (Lipinski definition) is 0. The summed E-state index contributed by atoms with van der Waals surface area (Å²) in [5.41, 5.74) is -0.467. The highest BCUT2D eigenvalue weighted by atomic mass is 16.5. The number of aldehydes is 1. The van der Waals surface area contributed by atoms with Gasteiger partial charge in [-0.3, -0.25) is 4.79 Å². The summed E-state index contributed by atoms with van der Waals surface area (Å²) in [4.78, 5) is 22.7. The normalized spacial score (nSPS) is 36.9. The van der Waals surface area contributed by atoms with Crippen LogP contribution in [0.2, 0.25) is 0 Å². The Morgan fingerprint density at radius 2 is 2.40 bits per heavy atom. The Balaban J connectivity index is 2.07. The summed E-state index contributed by atoms with van der Waals surface area (Å²) in [6.45, 7) is 2.17. The second-order valence-electron chi connectivity index (χ2n) is 4.52. The molecule has 2 bridgehead atoms. The number of hydrogen-bond acceptors (Lipinski definition) is 3. The lowest BCUT2D eigenvalue weighted by Crippen LogP contribution is -2.31. The summed E-state index contributed by atoms with van der Waals surface area (Å²) < 4.78 is 4.92. The molecule has 3 nitrogen and oxygen atoms in total. The average Bonchev–Trinajstić information content (AvgIpc) is 2.78. The van der Waals surface area contributed by atoms with Crippen LogP contribution in [-0.2, 0) is 14.3 Å². The van der Waals surface area contributed by atoms with E-state index in [1.54, 1.807) is 6.92 Å². The van der Waals surface area contributed by atoms with Crippen LogP contribution in [-0.4, -0.2) is 18.9 Å². The van der Waals surface area contributed by atoms with Gasteiger partial charge in [0.15, 0.2) is 0 Å². The fourth-order valence-corrected chi connectivity index (χ4v) is 2.85. The summed E-state index contributed by atoms with van der Waals surface area (Å²) in [6, 6.07) is 0. The Kier molecular flexibility index (Phi) is 2.63. The van der Waals surface area contributed by atoms with E-state index in [1.165, 1.54) is 0 Å². The molecule has 0 saturated heterocycles. The maximum atomic E-state index is 11.4. The van der Waals surface area contributed by atoms with Crippen LogP contribution in [0.3, 0.4) is 0 Å². The lowest BCUT2D eigenvalue weighted by molar-refractivity contribution is -0.148. The molecule has 3 unspecified atom stereocenters. The van der Waals surface area contributed by atoms with Gasteiger partial charge in [0, 0.05) is 5.41 Å². The van der Waals surface area contributed by atoms with E-state index in [0.717, 1.165) is 19.1 Å². The number of carbonyl (C=O) groups is 2. The van der Waals surface area contributed by atoms with E-state index in [2.05, 4.69) is 12.2 Å². The molecule has 2 aliphatic carbocycles. The molecule has 3 heteroatoms. The van der Waals surface area contributed by atoms with Crippen molar-refractivity contribution in [2.75, 3.05) is 6.61 Å². The number of carbonyl (C=O) groups excluding carboxylic acids is 2. The van der Waals surface area contributed by atoms with Crippen LogP contribution in [0.4, 0.5) is 0 Å². The van der Waals surface area contributed by atoms with Crippen molar-refractivity contribution in [3.8, 4) is 0 Å². The van der Waals surface area contributed by atoms with Crippen molar-refractivity contribution in [3.63, 3.8) is 0 Å². The first kappa shape index (κ1) is 10.4. The van der Waals surface area contributed by atoms with Crippen LogP contribution in [0.25, 0.3) is 0 Å². The third-order valence-electron chi connectivity index (χ3n) is 3.57. The quantitative estimate of drug-likeness (QED) is 0.401. The fraction of sp³-hybridized carbons (Fsp3) is 0.667. The molecule has 0 N–H and O–H groups in total. The van der Waals surface area contributed by atoms with Gasteiger partial charge in [-0.25, -0.2) is 0 Å². The van der Waals surface area contributed by atoms with Gasteiger partial charge in [0.05, 0.1) is 13.0 Å². The van der Waals surface area contributed by atoms with E-state index in [1.807, 2.05) is 0 Å². The van der Waals surface area contributed by atoms with Crippen molar-refractivity contribution < 1.29 is 14.3 Å². The highest BCUT2D eigenvalue weighted by Gasteiger charge is 2.49. The number of ether oxygens (including phenoxy) is 1. The van der Waals surface area contributed by atoms with Crippen molar-refractivity contribution in [1.82, 2.24) is 0 Å². The molecule has 1 saturated carbocycles. The van der Waals surface area contributed by atoms with E-state index in [-0.39, 0.29) is 18.3 Å². The summed E-state index contributed by atoms with van der Waals surface area (Å²) in [5, 5.41) is 0. The van der Waals surface area contributed by atoms with Crippen LogP contribution >= 0.6 is 0 Å². The first-order valence-electron chi connectivity index (χ1n) is 5.50. The molecular formula is C12H16O3. The number of rotatable bonds is 4. The molecular weight excluding hydrogens is 192 g/mol. The van der Waals surface area contributed by atoms with Crippen molar-refractivity contribution in [2.45, 2.75) is 26.2 Å². The van der Waals surface area contributed by atoms with Crippen LogP contribution in [0, 0.1) is 17.3 Å². The van der Waals surface area contributed by atoms with Gasteiger partial charge >= 0.3 is 5.97 Å². The monoisotopic (exact) mass is 208 g/mol. The predicted molar refractivity (Wildman–Crippen MR) is 55.1 cm³/mol. The lowest BCUT2D eigenvalue weighted by Gasteiger charge is -2.28. The molecule has 0 amide bonds. The third-order valence-corrected chi connectivity index (χ3v) is 3.57. The van der Waals surface area contributed by atoms with Gasteiger partial charge in [-0.2, -0.15) is 0 Å². The van der Waals surface area contributed by atoms with Gasteiger partial charge in [-0.15, -0.1) is 0 Å². The van der Waals surface area contributed by atoms with Crippen LogP contribution in [0.5, 0.6) is 0 Å². The molecule has 82 valence electrons. The molecule has 0 aromatic heterocycles. The molecule has 3 atom stereocenters. The van der Waals surface area contributed by atoms with Crippen LogP contribution < -0.4 is 0 Å². The first-order chi connectivity index (χ1) is 7.20. The van der Waals surface area contributed by atoms with E-state index in [4.69, 9.17) is 4.74 Å². The zero-order valence-corrected chi connectivity index (χ0v) is 8.94. The summed E-state index contributed by atoms with van der Waals surface area (Å²) in [6.07, 6.45) is 7.31. The van der Waals surface area contributed by atoms with Gasteiger partial charge in [-0.1, -0.05) is 12.2 Å². The van der Waals surface area contributed by atoms with E-state index >= 15 is 0 Å². The Bertz CT molecular complexity index is 308. The molecule has 0 aromatic carbocycles. The molecule has 0 aromatic rings. The summed E-state index contributed by atoms with van der Waals surface area (Å²) >= 11 is 0. The van der Waals surface area contributed by atoms with E-state index in [0.29, 0.717) is 12.5 Å². The Morgan fingerprint density at radius 1 is 1.60 bits per heavy atom. The van der Waals surface area contributed by atoms with Gasteiger partial charge in [0.2, 0.25) is 0 Å². The highest BCUT2D eigenvalue weighted by Crippen LogP contribution is 2.52. The smallest absolute Gasteiger partial charge is 0.306 e. The zero-order valence-electron chi connectivity index (χ0n) is 8.94. The Morgan fingerprint density at radius 3 is 2.87 bits per heavy atom. The van der Waals surface area contributed by atoms with Gasteiger partial charge < -0.3 is 9.53 Å². The summed E-state index contributed by atoms with van der Waals surface area (Å²) in [7, 11) is 0. The number of allylic oxidation sites excluding steroid dienone is 2. The minimum absolute atomic E-state index is 0.245. The minimum Gasteiger partial charge on any atom is -0.466 e. The standard InChI is InChI=1S/C12H16O3/c1-2-15-11(14)7-12(8-13)6-9-3-4-10(12)5-9/h3-4,8-10H,2,5-7H2,1H3. The maximum absolute atomic E-state index is 11.4. The minimum atomic E-state index is -0.467. The molecule has 0 aliphatic heterocycles. The molecule has 0 radical (unpaired) electrons. The third kappa shape index (κ3) is 1.71. The van der Waals surface area contributed by atoms with Crippen LogP contribution in [0.15, 0.2) is 12.2 Å². The second-order valence-corrected chi connectivity index (χ2v) is 4.52. The molecule has 15 heavy (non-hydrogen) atoms. The molecule has 0 spiro atoms. The Labute approximate surface area is 89.5 Å². The first-order valence-corrected chi connectivity index (χ1v) is 5.50. The van der Waals surface area contributed by atoms with Crippen LogP contribution in [0.1, 0.15) is 26.2 Å². The molecule has 2 aliphatic rings. The van der Waals surface area contributed by atoms with Gasteiger partial charge in [-0.05, 0) is 31.6 Å². The highest BCUT2D eigenvalue weighted by molar-refractivity contribution is 5.77. The topological polar surface area (TPSA) is 43.4 Å². The second kappa shape index (κ2) is 3.80. The number of fused-ring (bicyclic) bond motifs is 2. The van der Waals surface area contributed by atoms with Crippen molar-refractivity contribution in [1.29, 1.82) is 0 Å². The fourth-order valence-electron chi connectivity index (χ4n) is 2.85. The molecule has 2 rings (SSSR count). The summed E-state index contributed by atoms with van der Waals surface area (Å²) in [5.74, 6) is 0.504. The maximum Gasteiger partial charge on any atom is 0.306 e. The van der Waals surface area contributed by atoms with Gasteiger partial charge in [0.1, 0.15) is 6.29 Å². The van der Waals surface area contributed by atoms with Crippen molar-refractivity contribution in [2.24, 2.45) is 17.3 Å². The number of esters is 1. The largest absolute Gasteiger partial charge is 0.466 e. The lowest BCUT2D eigenvalue weighted by atomic mass is 9.74. The Hall–Kier alpha value is -1.12. The predicted octanol–water partition coefficient (Wildman–Crippen LogP) is 1.72. The SMILES string of the molecule is CCOC(=O)CC1(C=O)CC2C=CC1C2. The van der Waals surface area contributed by atoms with Crippen molar-refractivity contribution >= 4 is 12.3 Å². The van der Waals surface area contributed by atoms with Gasteiger partial charge in [0.25, 0.3) is 0 Å². The van der Waals surface area contributed by atoms with Crippen molar-refractivity contribution in [3.05, 3.63) is 12.2 Å². The molecule has 1 fully saturated rings.